The van der Waals surface area contributed by atoms with Gasteiger partial charge in [0.15, 0.2) is 15.6 Å². The fourth-order valence-corrected chi connectivity index (χ4v) is 3.67. The van der Waals surface area contributed by atoms with E-state index in [1.165, 1.54) is 18.2 Å². The van der Waals surface area contributed by atoms with Crippen molar-refractivity contribution in [3.63, 3.8) is 0 Å². The van der Waals surface area contributed by atoms with E-state index in [2.05, 4.69) is 0 Å². The number of carbonyl (C=O) groups is 1. The van der Waals surface area contributed by atoms with Crippen LogP contribution in [0.15, 0.2) is 83.8 Å². The molecule has 0 saturated heterocycles. The predicted octanol–water partition coefficient (Wildman–Crippen LogP) is 3.79. The van der Waals surface area contributed by atoms with Crippen molar-refractivity contribution in [3.05, 3.63) is 84.4 Å². The standard InChI is InChI=1S/C21H18O5S/c22-21(23)15-27(24,25)20-8-4-7-19(13-20)26-14-16-9-11-18(12-10-16)17-5-2-1-3-6-17/h1-13H,14-15H2,(H,22,23). The third-order valence-corrected chi connectivity index (χ3v) is 5.54. The van der Waals surface area contributed by atoms with E-state index in [0.29, 0.717) is 5.75 Å². The van der Waals surface area contributed by atoms with Gasteiger partial charge in [0.2, 0.25) is 0 Å². The van der Waals surface area contributed by atoms with Crippen molar-refractivity contribution in [3.8, 4) is 16.9 Å². The van der Waals surface area contributed by atoms with Gasteiger partial charge in [0.25, 0.3) is 0 Å². The lowest BCUT2D eigenvalue weighted by Gasteiger charge is -2.09. The van der Waals surface area contributed by atoms with Gasteiger partial charge < -0.3 is 9.84 Å². The second-order valence-electron chi connectivity index (χ2n) is 5.98. The number of aliphatic carboxylic acids is 1. The first-order chi connectivity index (χ1) is 12.9. The quantitative estimate of drug-likeness (QED) is 0.672. The Balaban J connectivity index is 1.68. The summed E-state index contributed by atoms with van der Waals surface area (Å²) in [7, 11) is -3.88. The summed E-state index contributed by atoms with van der Waals surface area (Å²) in [5, 5.41) is 8.73. The summed E-state index contributed by atoms with van der Waals surface area (Å²) in [5.74, 6) is -1.97. The molecule has 1 N–H and O–H groups in total. The van der Waals surface area contributed by atoms with Crippen LogP contribution in [0.4, 0.5) is 0 Å². The highest BCUT2D eigenvalue weighted by Crippen LogP contribution is 2.22. The van der Waals surface area contributed by atoms with Gasteiger partial charge in [-0.3, -0.25) is 4.79 Å². The van der Waals surface area contributed by atoms with Crippen molar-refractivity contribution in [2.45, 2.75) is 11.5 Å². The minimum absolute atomic E-state index is 0.0678. The minimum atomic E-state index is -3.88. The molecule has 5 nitrogen and oxygen atoms in total. The number of carboxylic acids is 1. The van der Waals surface area contributed by atoms with Gasteiger partial charge in [-0.15, -0.1) is 0 Å². The van der Waals surface area contributed by atoms with E-state index in [4.69, 9.17) is 9.84 Å². The third kappa shape index (κ3) is 4.95. The number of hydrogen-bond donors (Lipinski definition) is 1. The van der Waals surface area contributed by atoms with E-state index in [1.807, 2.05) is 54.6 Å². The van der Waals surface area contributed by atoms with E-state index in [-0.39, 0.29) is 11.5 Å². The van der Waals surface area contributed by atoms with Gasteiger partial charge in [0.05, 0.1) is 4.90 Å². The first-order valence-corrected chi connectivity index (χ1v) is 9.91. The topological polar surface area (TPSA) is 80.7 Å². The average molecular weight is 382 g/mol. The van der Waals surface area contributed by atoms with E-state index in [1.54, 1.807) is 6.07 Å². The Morgan fingerprint density at radius 2 is 1.52 bits per heavy atom. The van der Waals surface area contributed by atoms with Crippen molar-refractivity contribution in [2.24, 2.45) is 0 Å². The lowest BCUT2D eigenvalue weighted by molar-refractivity contribution is -0.134. The molecule has 3 aromatic rings. The Morgan fingerprint density at radius 1 is 0.852 bits per heavy atom. The Hall–Kier alpha value is -3.12. The predicted molar refractivity (Wildman–Crippen MR) is 102 cm³/mol. The average Bonchev–Trinajstić information content (AvgIpc) is 2.67. The zero-order chi connectivity index (χ0) is 19.3. The summed E-state index contributed by atoms with van der Waals surface area (Å²) in [6.45, 7) is 0.275. The number of ether oxygens (including phenoxy) is 1. The molecular weight excluding hydrogens is 364 g/mol. The van der Waals surface area contributed by atoms with Crippen LogP contribution in [0.2, 0.25) is 0 Å². The van der Waals surface area contributed by atoms with Crippen LogP contribution >= 0.6 is 0 Å². The van der Waals surface area contributed by atoms with E-state index in [0.717, 1.165) is 16.7 Å². The highest BCUT2D eigenvalue weighted by molar-refractivity contribution is 7.92. The fraction of sp³-hybridized carbons (Fsp3) is 0.0952. The van der Waals surface area contributed by atoms with Gasteiger partial charge in [-0.25, -0.2) is 8.42 Å². The molecular formula is C21H18O5S. The maximum Gasteiger partial charge on any atom is 0.319 e. The zero-order valence-corrected chi connectivity index (χ0v) is 15.2. The molecule has 0 bridgehead atoms. The zero-order valence-electron chi connectivity index (χ0n) is 14.4. The summed E-state index contributed by atoms with van der Waals surface area (Å²) in [6.07, 6.45) is 0. The second-order valence-corrected chi connectivity index (χ2v) is 7.97. The SMILES string of the molecule is O=C(O)CS(=O)(=O)c1cccc(OCc2ccc(-c3ccccc3)cc2)c1. The molecule has 0 spiro atoms. The Kier molecular flexibility index (Phi) is 5.57. The summed E-state index contributed by atoms with van der Waals surface area (Å²) >= 11 is 0. The minimum Gasteiger partial charge on any atom is -0.489 e. The van der Waals surface area contributed by atoms with Crippen molar-refractivity contribution in [1.29, 1.82) is 0 Å². The van der Waals surface area contributed by atoms with Gasteiger partial charge in [0, 0.05) is 0 Å². The Labute approximate surface area is 157 Å². The molecule has 0 amide bonds. The highest BCUT2D eigenvalue weighted by atomic mass is 32.2. The molecule has 0 aliphatic carbocycles. The van der Waals surface area contributed by atoms with Crippen LogP contribution in [-0.4, -0.2) is 25.2 Å². The largest absolute Gasteiger partial charge is 0.489 e. The van der Waals surface area contributed by atoms with Crippen LogP contribution < -0.4 is 4.74 Å². The molecule has 3 rings (SSSR count). The summed E-state index contributed by atoms with van der Waals surface area (Å²) in [4.78, 5) is 10.6. The molecule has 0 atom stereocenters. The molecule has 0 saturated carbocycles. The molecule has 0 radical (unpaired) electrons. The second kappa shape index (κ2) is 8.05. The van der Waals surface area contributed by atoms with E-state index < -0.39 is 21.6 Å². The first kappa shape index (κ1) is 18.7. The van der Waals surface area contributed by atoms with Crippen molar-refractivity contribution in [2.75, 3.05) is 5.75 Å². The molecule has 0 heterocycles. The number of rotatable bonds is 7. The lowest BCUT2D eigenvalue weighted by atomic mass is 10.0. The van der Waals surface area contributed by atoms with Crippen LogP contribution in [0.3, 0.4) is 0 Å². The molecule has 138 valence electrons. The van der Waals surface area contributed by atoms with Crippen molar-refractivity contribution >= 4 is 15.8 Å². The summed E-state index contributed by atoms with van der Waals surface area (Å²) < 4.78 is 29.7. The van der Waals surface area contributed by atoms with E-state index in [9.17, 15) is 13.2 Å². The molecule has 0 aliphatic rings. The number of sulfone groups is 1. The third-order valence-electron chi connectivity index (χ3n) is 3.94. The van der Waals surface area contributed by atoms with Gasteiger partial charge >= 0.3 is 5.97 Å². The van der Waals surface area contributed by atoms with Crippen LogP contribution in [0, 0.1) is 0 Å². The Morgan fingerprint density at radius 3 is 2.19 bits per heavy atom. The molecule has 3 aromatic carbocycles. The van der Waals surface area contributed by atoms with Crippen LogP contribution in [0.1, 0.15) is 5.56 Å². The summed E-state index contributed by atoms with van der Waals surface area (Å²) in [6, 6.07) is 23.8. The molecule has 0 aliphatic heterocycles. The summed E-state index contributed by atoms with van der Waals surface area (Å²) in [5.41, 5.74) is 3.16. The maximum atomic E-state index is 12.0. The maximum absolute atomic E-state index is 12.0. The normalized spacial score (nSPS) is 11.1. The lowest BCUT2D eigenvalue weighted by Crippen LogP contribution is -2.15. The number of carboxylic acid groups (broad SMARTS) is 1. The van der Waals surface area contributed by atoms with Crippen LogP contribution in [0.5, 0.6) is 5.75 Å². The molecule has 0 fully saturated rings. The fourth-order valence-electron chi connectivity index (χ4n) is 2.59. The van der Waals surface area contributed by atoms with Gasteiger partial charge in [-0.1, -0.05) is 60.7 Å². The van der Waals surface area contributed by atoms with Crippen LogP contribution in [-0.2, 0) is 21.2 Å². The monoisotopic (exact) mass is 382 g/mol. The number of benzene rings is 3. The number of hydrogen-bond acceptors (Lipinski definition) is 4. The van der Waals surface area contributed by atoms with Crippen molar-refractivity contribution in [1.82, 2.24) is 0 Å². The van der Waals surface area contributed by atoms with Gasteiger partial charge in [0.1, 0.15) is 12.4 Å². The Bertz CT molecular complexity index is 1030. The van der Waals surface area contributed by atoms with Crippen LogP contribution in [0.25, 0.3) is 11.1 Å². The molecule has 0 unspecified atom stereocenters. The van der Waals surface area contributed by atoms with Crippen molar-refractivity contribution < 1.29 is 23.1 Å². The smallest absolute Gasteiger partial charge is 0.319 e. The molecule has 27 heavy (non-hydrogen) atoms. The first-order valence-electron chi connectivity index (χ1n) is 8.26. The highest BCUT2D eigenvalue weighted by Gasteiger charge is 2.19. The van der Waals surface area contributed by atoms with Gasteiger partial charge in [-0.2, -0.15) is 0 Å². The molecule has 0 aromatic heterocycles. The van der Waals surface area contributed by atoms with Gasteiger partial charge in [-0.05, 0) is 34.9 Å². The van der Waals surface area contributed by atoms with E-state index >= 15 is 0 Å². The molecule has 6 heteroatoms.